The van der Waals surface area contributed by atoms with Crippen LogP contribution in [0.3, 0.4) is 0 Å². The number of hydrogen-bond acceptors (Lipinski definition) is 3. The molecule has 0 saturated heterocycles. The van der Waals surface area contributed by atoms with Crippen molar-refractivity contribution < 1.29 is 9.18 Å². The molecule has 0 unspecified atom stereocenters. The third-order valence-electron chi connectivity index (χ3n) is 4.58. The van der Waals surface area contributed by atoms with Gasteiger partial charge in [0.05, 0.1) is 5.69 Å². The molecule has 0 spiro atoms. The molecular formula is C20H26Cl2FN3O. The van der Waals surface area contributed by atoms with Crippen molar-refractivity contribution in [1.82, 2.24) is 5.32 Å². The summed E-state index contributed by atoms with van der Waals surface area (Å²) in [6.45, 7) is 4.52. The second-order valence-electron chi connectivity index (χ2n) is 6.41. The van der Waals surface area contributed by atoms with Gasteiger partial charge in [-0.15, -0.1) is 24.8 Å². The number of benzene rings is 2. The van der Waals surface area contributed by atoms with E-state index in [4.69, 9.17) is 0 Å². The van der Waals surface area contributed by atoms with E-state index in [1.165, 1.54) is 0 Å². The van der Waals surface area contributed by atoms with E-state index in [0.717, 1.165) is 30.8 Å². The molecule has 1 heterocycles. The van der Waals surface area contributed by atoms with Crippen LogP contribution >= 0.6 is 24.8 Å². The lowest BCUT2D eigenvalue weighted by Crippen LogP contribution is -2.25. The predicted octanol–water partition coefficient (Wildman–Crippen LogP) is 4.41. The molecule has 2 aromatic rings. The quantitative estimate of drug-likeness (QED) is 0.762. The molecular weight excluding hydrogens is 388 g/mol. The van der Waals surface area contributed by atoms with Gasteiger partial charge in [0.2, 0.25) is 0 Å². The smallest absolute Gasteiger partial charge is 0.255 e. The van der Waals surface area contributed by atoms with Crippen LogP contribution in [0.2, 0.25) is 0 Å². The Bertz CT molecular complexity index is 769. The standard InChI is InChI=1S/C20H24FN3O.2ClH/c1-3-12-24(2)16-7-4-14(5-8-16)20(25)23-18-9-6-15-13-22-11-10-17(15)19(18)21;;/h4-9,22H,3,10-13H2,1-2H3,(H,23,25);2*1H. The van der Waals surface area contributed by atoms with Crippen molar-refractivity contribution in [3.63, 3.8) is 0 Å². The largest absolute Gasteiger partial charge is 0.375 e. The molecule has 0 atom stereocenters. The lowest BCUT2D eigenvalue weighted by atomic mass is 9.99. The number of nitrogens with one attached hydrogen (secondary N) is 2. The Kier molecular flexibility index (Phi) is 9.03. The zero-order valence-corrected chi connectivity index (χ0v) is 17.2. The van der Waals surface area contributed by atoms with E-state index >= 15 is 0 Å². The Labute approximate surface area is 172 Å². The van der Waals surface area contributed by atoms with E-state index in [-0.39, 0.29) is 42.2 Å². The first-order valence-corrected chi connectivity index (χ1v) is 8.73. The minimum Gasteiger partial charge on any atom is -0.375 e. The van der Waals surface area contributed by atoms with Gasteiger partial charge < -0.3 is 15.5 Å². The fourth-order valence-electron chi connectivity index (χ4n) is 3.16. The molecule has 1 aliphatic rings. The van der Waals surface area contributed by atoms with Gasteiger partial charge in [0, 0.05) is 31.4 Å². The summed E-state index contributed by atoms with van der Waals surface area (Å²) in [5.41, 5.74) is 3.49. The Morgan fingerprint density at radius 2 is 1.89 bits per heavy atom. The number of fused-ring (bicyclic) bond motifs is 1. The maximum absolute atomic E-state index is 14.6. The zero-order chi connectivity index (χ0) is 17.8. The molecule has 4 nitrogen and oxygen atoms in total. The van der Waals surface area contributed by atoms with Gasteiger partial charge in [-0.1, -0.05) is 13.0 Å². The van der Waals surface area contributed by atoms with Crippen molar-refractivity contribution >= 4 is 42.1 Å². The molecule has 0 saturated carbocycles. The average molecular weight is 414 g/mol. The second-order valence-corrected chi connectivity index (χ2v) is 6.41. The molecule has 2 aromatic carbocycles. The highest BCUT2D eigenvalue weighted by Gasteiger charge is 2.18. The molecule has 1 aliphatic heterocycles. The number of anilines is 2. The Hall–Kier alpha value is -1.82. The number of hydrogen-bond donors (Lipinski definition) is 2. The van der Waals surface area contributed by atoms with Crippen molar-refractivity contribution in [1.29, 1.82) is 0 Å². The molecule has 0 fully saturated rings. The van der Waals surface area contributed by atoms with E-state index in [1.807, 2.05) is 25.2 Å². The summed E-state index contributed by atoms with van der Waals surface area (Å²) < 4.78 is 14.6. The monoisotopic (exact) mass is 413 g/mol. The summed E-state index contributed by atoms with van der Waals surface area (Å²) in [5.74, 6) is -0.607. The minimum atomic E-state index is -0.313. The highest BCUT2D eigenvalue weighted by Crippen LogP contribution is 2.25. The van der Waals surface area contributed by atoms with Crippen LogP contribution in [0.4, 0.5) is 15.8 Å². The molecule has 0 aliphatic carbocycles. The number of rotatable bonds is 5. The first kappa shape index (κ1) is 23.2. The topological polar surface area (TPSA) is 44.4 Å². The summed E-state index contributed by atoms with van der Waals surface area (Å²) in [7, 11) is 2.02. The zero-order valence-electron chi connectivity index (χ0n) is 15.5. The van der Waals surface area contributed by atoms with Gasteiger partial charge in [-0.3, -0.25) is 4.79 Å². The minimum absolute atomic E-state index is 0. The van der Waals surface area contributed by atoms with E-state index in [9.17, 15) is 9.18 Å². The van der Waals surface area contributed by atoms with Gasteiger partial charge in [-0.25, -0.2) is 4.39 Å². The van der Waals surface area contributed by atoms with Crippen LogP contribution in [-0.4, -0.2) is 26.0 Å². The molecule has 27 heavy (non-hydrogen) atoms. The van der Waals surface area contributed by atoms with Gasteiger partial charge in [-0.05, 0) is 60.8 Å². The van der Waals surface area contributed by atoms with Crippen molar-refractivity contribution in [3.05, 3.63) is 58.9 Å². The molecule has 1 amide bonds. The average Bonchev–Trinajstić information content (AvgIpc) is 2.64. The third-order valence-corrected chi connectivity index (χ3v) is 4.58. The van der Waals surface area contributed by atoms with E-state index in [0.29, 0.717) is 24.1 Å². The van der Waals surface area contributed by atoms with Gasteiger partial charge in [-0.2, -0.15) is 0 Å². The summed E-state index contributed by atoms with van der Waals surface area (Å²) in [6, 6.07) is 10.9. The number of amides is 1. The Morgan fingerprint density at radius 1 is 1.19 bits per heavy atom. The van der Waals surface area contributed by atoms with Gasteiger partial charge in [0.1, 0.15) is 5.82 Å². The summed E-state index contributed by atoms with van der Waals surface area (Å²) in [5, 5.41) is 5.92. The van der Waals surface area contributed by atoms with Crippen molar-refractivity contribution in [3.8, 4) is 0 Å². The maximum Gasteiger partial charge on any atom is 0.255 e. The summed E-state index contributed by atoms with van der Waals surface area (Å²) >= 11 is 0. The van der Waals surface area contributed by atoms with Crippen molar-refractivity contribution in [2.45, 2.75) is 26.3 Å². The number of carbonyl (C=O) groups is 1. The summed E-state index contributed by atoms with van der Waals surface area (Å²) in [4.78, 5) is 14.6. The van der Waals surface area contributed by atoms with Crippen LogP contribution in [0.15, 0.2) is 36.4 Å². The number of nitrogens with zero attached hydrogens (tertiary/aromatic N) is 1. The highest BCUT2D eigenvalue weighted by atomic mass is 35.5. The molecule has 2 N–H and O–H groups in total. The second kappa shape index (κ2) is 10.5. The van der Waals surface area contributed by atoms with Crippen LogP contribution in [-0.2, 0) is 13.0 Å². The molecule has 7 heteroatoms. The SMILES string of the molecule is CCCN(C)c1ccc(C(=O)Nc2ccc3c(c2F)CCNC3)cc1.Cl.Cl. The molecule has 0 aromatic heterocycles. The van der Waals surface area contributed by atoms with Gasteiger partial charge in [0.15, 0.2) is 0 Å². The fraction of sp³-hybridized carbons (Fsp3) is 0.350. The van der Waals surface area contributed by atoms with Crippen LogP contribution < -0.4 is 15.5 Å². The van der Waals surface area contributed by atoms with Gasteiger partial charge >= 0.3 is 0 Å². The summed E-state index contributed by atoms with van der Waals surface area (Å²) in [6.07, 6.45) is 1.70. The molecule has 0 radical (unpaired) electrons. The number of carbonyl (C=O) groups excluding carboxylic acids is 1. The van der Waals surface area contributed by atoms with Crippen molar-refractivity contribution in [2.24, 2.45) is 0 Å². The molecule has 148 valence electrons. The highest BCUT2D eigenvalue weighted by molar-refractivity contribution is 6.04. The lowest BCUT2D eigenvalue weighted by molar-refractivity contribution is 0.102. The normalized spacial score (nSPS) is 12.3. The van der Waals surface area contributed by atoms with Crippen LogP contribution in [0.1, 0.15) is 34.8 Å². The Balaban J connectivity index is 0.00000182. The molecule has 0 bridgehead atoms. The van der Waals surface area contributed by atoms with Gasteiger partial charge in [0.25, 0.3) is 5.91 Å². The van der Waals surface area contributed by atoms with Crippen LogP contribution in [0, 0.1) is 5.82 Å². The van der Waals surface area contributed by atoms with Crippen molar-refractivity contribution in [2.75, 3.05) is 30.4 Å². The number of halogens is 3. The predicted molar refractivity (Wildman–Crippen MR) is 114 cm³/mol. The third kappa shape index (κ3) is 5.34. The fourth-order valence-corrected chi connectivity index (χ4v) is 3.16. The first-order chi connectivity index (χ1) is 12.1. The van der Waals surface area contributed by atoms with E-state index < -0.39 is 0 Å². The first-order valence-electron chi connectivity index (χ1n) is 8.73. The lowest BCUT2D eigenvalue weighted by Gasteiger charge is -2.20. The van der Waals surface area contributed by atoms with E-state index in [2.05, 4.69) is 22.5 Å². The maximum atomic E-state index is 14.6. The van der Waals surface area contributed by atoms with Crippen LogP contribution in [0.25, 0.3) is 0 Å². The molecule has 3 rings (SSSR count). The Morgan fingerprint density at radius 3 is 2.56 bits per heavy atom. The van der Waals surface area contributed by atoms with E-state index in [1.54, 1.807) is 18.2 Å². The van der Waals surface area contributed by atoms with Crippen LogP contribution in [0.5, 0.6) is 0 Å².